The van der Waals surface area contributed by atoms with E-state index in [0.29, 0.717) is 18.1 Å². The number of aromatic hydroxyl groups is 1. The summed E-state index contributed by atoms with van der Waals surface area (Å²) in [7, 11) is 0. The molecule has 4 nitrogen and oxygen atoms in total. The summed E-state index contributed by atoms with van der Waals surface area (Å²) in [6, 6.07) is 17.3. The summed E-state index contributed by atoms with van der Waals surface area (Å²) in [4.78, 5) is 4.39. The Labute approximate surface area is 123 Å². The normalized spacial score (nSPS) is 10.7. The molecule has 1 N–H and O–H groups in total. The average molecular weight is 280 g/mol. The standard InChI is InChI=1S/C17H16N2O2/c20-15-8-4-7-14(11-15)12-17-18-16(19-21-17)10-9-13-5-2-1-3-6-13/h1-8,11,20H,9-10,12H2. The average Bonchev–Trinajstić information content (AvgIpc) is 2.94. The molecule has 0 saturated heterocycles. The Hall–Kier alpha value is -2.62. The van der Waals surface area contributed by atoms with Crippen LogP contribution in [-0.2, 0) is 19.3 Å². The number of phenolic OH excluding ortho intramolecular Hbond substituents is 1. The number of aromatic nitrogens is 2. The Kier molecular flexibility index (Phi) is 3.96. The molecule has 0 aliphatic rings. The first-order chi connectivity index (χ1) is 10.3. The number of hydrogen-bond donors (Lipinski definition) is 1. The Morgan fingerprint density at radius 3 is 2.52 bits per heavy atom. The first-order valence-corrected chi connectivity index (χ1v) is 6.93. The first kappa shape index (κ1) is 13.4. The molecule has 0 atom stereocenters. The molecular weight excluding hydrogens is 264 g/mol. The second kappa shape index (κ2) is 6.22. The van der Waals surface area contributed by atoms with Crippen LogP contribution in [0.3, 0.4) is 0 Å². The van der Waals surface area contributed by atoms with Gasteiger partial charge in [-0.15, -0.1) is 0 Å². The zero-order chi connectivity index (χ0) is 14.5. The summed E-state index contributed by atoms with van der Waals surface area (Å²) in [6.45, 7) is 0. The highest BCUT2D eigenvalue weighted by molar-refractivity contribution is 5.28. The molecule has 106 valence electrons. The topological polar surface area (TPSA) is 59.2 Å². The van der Waals surface area contributed by atoms with Gasteiger partial charge in [0.15, 0.2) is 5.82 Å². The lowest BCUT2D eigenvalue weighted by Gasteiger charge is -1.97. The van der Waals surface area contributed by atoms with Crippen molar-refractivity contribution in [3.63, 3.8) is 0 Å². The lowest BCUT2D eigenvalue weighted by molar-refractivity contribution is 0.379. The largest absolute Gasteiger partial charge is 0.508 e. The molecule has 0 bridgehead atoms. The van der Waals surface area contributed by atoms with Gasteiger partial charge in [0.05, 0.1) is 6.42 Å². The maximum absolute atomic E-state index is 9.44. The van der Waals surface area contributed by atoms with E-state index in [1.54, 1.807) is 18.2 Å². The maximum atomic E-state index is 9.44. The molecule has 21 heavy (non-hydrogen) atoms. The Bertz CT molecular complexity index is 708. The van der Waals surface area contributed by atoms with Crippen LogP contribution in [0.5, 0.6) is 5.75 Å². The highest BCUT2D eigenvalue weighted by Crippen LogP contribution is 2.14. The van der Waals surface area contributed by atoms with Crippen LogP contribution >= 0.6 is 0 Å². The van der Waals surface area contributed by atoms with Gasteiger partial charge < -0.3 is 9.63 Å². The van der Waals surface area contributed by atoms with Gasteiger partial charge in [-0.25, -0.2) is 0 Å². The minimum Gasteiger partial charge on any atom is -0.508 e. The van der Waals surface area contributed by atoms with E-state index in [2.05, 4.69) is 22.3 Å². The summed E-state index contributed by atoms with van der Waals surface area (Å²) in [5, 5.41) is 13.4. The second-order valence-electron chi connectivity index (χ2n) is 4.94. The molecular formula is C17H16N2O2. The third kappa shape index (κ3) is 3.69. The molecule has 3 rings (SSSR count). The maximum Gasteiger partial charge on any atom is 0.231 e. The van der Waals surface area contributed by atoms with Gasteiger partial charge in [0.1, 0.15) is 5.75 Å². The van der Waals surface area contributed by atoms with Crippen molar-refractivity contribution in [2.24, 2.45) is 0 Å². The van der Waals surface area contributed by atoms with Gasteiger partial charge in [-0.3, -0.25) is 0 Å². The first-order valence-electron chi connectivity index (χ1n) is 6.93. The van der Waals surface area contributed by atoms with E-state index in [9.17, 15) is 5.11 Å². The van der Waals surface area contributed by atoms with Gasteiger partial charge in [-0.2, -0.15) is 4.98 Å². The van der Waals surface area contributed by atoms with Gasteiger partial charge in [0.2, 0.25) is 5.89 Å². The summed E-state index contributed by atoms with van der Waals surface area (Å²) >= 11 is 0. The minimum atomic E-state index is 0.247. The van der Waals surface area contributed by atoms with Crippen LogP contribution in [0.15, 0.2) is 59.1 Å². The van der Waals surface area contributed by atoms with E-state index >= 15 is 0 Å². The number of nitrogens with zero attached hydrogens (tertiary/aromatic N) is 2. The molecule has 0 aliphatic carbocycles. The molecule has 0 amide bonds. The Morgan fingerprint density at radius 2 is 1.71 bits per heavy atom. The molecule has 1 aromatic heterocycles. The predicted octanol–water partition coefficient (Wildman–Crippen LogP) is 3.15. The van der Waals surface area contributed by atoms with Gasteiger partial charge in [0, 0.05) is 6.42 Å². The smallest absolute Gasteiger partial charge is 0.231 e. The third-order valence-corrected chi connectivity index (χ3v) is 3.26. The van der Waals surface area contributed by atoms with Crippen molar-refractivity contribution in [3.8, 4) is 5.75 Å². The predicted molar refractivity (Wildman–Crippen MR) is 79.1 cm³/mol. The number of rotatable bonds is 5. The van der Waals surface area contributed by atoms with Crippen LogP contribution in [-0.4, -0.2) is 15.2 Å². The molecule has 1 heterocycles. The molecule has 0 saturated carbocycles. The molecule has 0 unspecified atom stereocenters. The molecule has 0 fully saturated rings. The fraction of sp³-hybridized carbons (Fsp3) is 0.176. The Morgan fingerprint density at radius 1 is 0.905 bits per heavy atom. The number of benzene rings is 2. The van der Waals surface area contributed by atoms with Crippen molar-refractivity contribution in [3.05, 3.63) is 77.4 Å². The summed E-state index contributed by atoms with van der Waals surface area (Å²) in [5.41, 5.74) is 2.21. The van der Waals surface area contributed by atoms with E-state index in [4.69, 9.17) is 4.52 Å². The molecule has 0 aliphatic heterocycles. The fourth-order valence-corrected chi connectivity index (χ4v) is 2.21. The lowest BCUT2D eigenvalue weighted by Crippen LogP contribution is -1.94. The summed E-state index contributed by atoms with van der Waals surface area (Å²) < 4.78 is 5.25. The quantitative estimate of drug-likeness (QED) is 0.780. The summed E-state index contributed by atoms with van der Waals surface area (Å²) in [5.74, 6) is 1.54. The highest BCUT2D eigenvalue weighted by Gasteiger charge is 2.07. The van der Waals surface area contributed by atoms with Crippen LogP contribution in [0.25, 0.3) is 0 Å². The van der Waals surface area contributed by atoms with Crippen molar-refractivity contribution in [1.82, 2.24) is 10.1 Å². The van der Waals surface area contributed by atoms with E-state index < -0.39 is 0 Å². The van der Waals surface area contributed by atoms with E-state index in [0.717, 1.165) is 18.4 Å². The van der Waals surface area contributed by atoms with Gasteiger partial charge >= 0.3 is 0 Å². The Balaban J connectivity index is 1.61. The van der Waals surface area contributed by atoms with Crippen LogP contribution in [0.4, 0.5) is 0 Å². The molecule has 2 aromatic carbocycles. The van der Waals surface area contributed by atoms with E-state index in [1.807, 2.05) is 24.3 Å². The van der Waals surface area contributed by atoms with Gasteiger partial charge in [0.25, 0.3) is 0 Å². The fourth-order valence-electron chi connectivity index (χ4n) is 2.21. The van der Waals surface area contributed by atoms with Gasteiger partial charge in [-0.1, -0.05) is 47.6 Å². The van der Waals surface area contributed by atoms with Crippen molar-refractivity contribution >= 4 is 0 Å². The molecule has 3 aromatic rings. The van der Waals surface area contributed by atoms with Crippen molar-refractivity contribution in [2.45, 2.75) is 19.3 Å². The van der Waals surface area contributed by atoms with Crippen molar-refractivity contribution in [1.29, 1.82) is 0 Å². The van der Waals surface area contributed by atoms with Crippen LogP contribution < -0.4 is 0 Å². The molecule has 4 heteroatoms. The minimum absolute atomic E-state index is 0.247. The monoisotopic (exact) mass is 280 g/mol. The van der Waals surface area contributed by atoms with E-state index in [1.165, 1.54) is 5.56 Å². The van der Waals surface area contributed by atoms with Crippen LogP contribution in [0.1, 0.15) is 22.8 Å². The number of hydrogen-bond acceptors (Lipinski definition) is 4. The zero-order valence-electron chi connectivity index (χ0n) is 11.6. The van der Waals surface area contributed by atoms with Crippen LogP contribution in [0, 0.1) is 0 Å². The van der Waals surface area contributed by atoms with Gasteiger partial charge in [-0.05, 0) is 29.7 Å². The third-order valence-electron chi connectivity index (χ3n) is 3.26. The van der Waals surface area contributed by atoms with Crippen LogP contribution in [0.2, 0.25) is 0 Å². The molecule has 0 spiro atoms. The number of phenols is 1. The summed E-state index contributed by atoms with van der Waals surface area (Å²) in [6.07, 6.45) is 2.19. The highest BCUT2D eigenvalue weighted by atomic mass is 16.5. The molecule has 0 radical (unpaired) electrons. The SMILES string of the molecule is Oc1cccc(Cc2nc(CCc3ccccc3)no2)c1. The second-order valence-corrected chi connectivity index (χ2v) is 4.94. The van der Waals surface area contributed by atoms with Crippen molar-refractivity contribution < 1.29 is 9.63 Å². The van der Waals surface area contributed by atoms with E-state index in [-0.39, 0.29) is 5.75 Å². The zero-order valence-corrected chi connectivity index (χ0v) is 11.6. The van der Waals surface area contributed by atoms with Crippen molar-refractivity contribution in [2.75, 3.05) is 0 Å². The number of aryl methyl sites for hydroxylation is 2. The lowest BCUT2D eigenvalue weighted by atomic mass is 10.1.